The summed E-state index contributed by atoms with van der Waals surface area (Å²) in [6.07, 6.45) is 1.54. The van der Waals surface area contributed by atoms with Crippen molar-refractivity contribution >= 4 is 56.3 Å². The fourth-order valence-corrected chi connectivity index (χ4v) is 9.19. The van der Waals surface area contributed by atoms with Gasteiger partial charge in [0.05, 0.1) is 44.7 Å². The van der Waals surface area contributed by atoms with E-state index in [4.69, 9.17) is 4.98 Å². The monoisotopic (exact) mass is 845 g/mol. The molecule has 1 aliphatic heterocycles. The highest BCUT2D eigenvalue weighted by Gasteiger charge is 2.40. The molecular formula is C52H38F3N9. The lowest BCUT2D eigenvalue weighted by Gasteiger charge is -2.23. The van der Waals surface area contributed by atoms with Crippen LogP contribution in [0.4, 0.5) is 13.2 Å². The van der Waals surface area contributed by atoms with Crippen LogP contribution in [0.15, 0.2) is 143 Å². The SMILES string of the molecule is CC1=NC(=c2ccc3c4c(n(-c5cc(-c6cccc(-c7ccccc7)n6)cc(-n6c7ccccc7c7ccc(-c8nc(C)nc(C)n8)cc76)c5C(F)(F)F)c3c2)=CC=CC4)NC(C)=N1. The molecule has 0 atom stereocenters. The average Bonchev–Trinajstić information content (AvgIpc) is 3.80. The number of amidine groups is 2. The molecule has 0 saturated carbocycles. The number of benzene rings is 5. The second-order valence-electron chi connectivity index (χ2n) is 16.1. The van der Waals surface area contributed by atoms with Crippen LogP contribution in [0.5, 0.6) is 0 Å². The van der Waals surface area contributed by atoms with Gasteiger partial charge in [-0.3, -0.25) is 0 Å². The normalized spacial score (nSPS) is 14.7. The number of para-hydroxylation sites is 1. The van der Waals surface area contributed by atoms with Crippen molar-refractivity contribution in [3.63, 3.8) is 0 Å². The minimum Gasteiger partial charge on any atom is -0.328 e. The van der Waals surface area contributed by atoms with Gasteiger partial charge in [-0.25, -0.2) is 29.9 Å². The first-order valence-electron chi connectivity index (χ1n) is 20.9. The van der Waals surface area contributed by atoms with E-state index in [1.807, 2.05) is 141 Å². The summed E-state index contributed by atoms with van der Waals surface area (Å²) in [6, 6.07) is 37.9. The zero-order chi connectivity index (χ0) is 43.9. The van der Waals surface area contributed by atoms with Gasteiger partial charge in [-0.2, -0.15) is 13.2 Å². The maximum atomic E-state index is 16.7. The van der Waals surface area contributed by atoms with Crippen molar-refractivity contribution in [1.29, 1.82) is 0 Å². The van der Waals surface area contributed by atoms with Crippen molar-refractivity contribution in [2.45, 2.75) is 40.3 Å². The van der Waals surface area contributed by atoms with Gasteiger partial charge in [0.1, 0.15) is 34.7 Å². The molecular weight excluding hydrogens is 808 g/mol. The second-order valence-corrected chi connectivity index (χ2v) is 16.1. The van der Waals surface area contributed by atoms with Crippen molar-refractivity contribution in [2.75, 3.05) is 0 Å². The summed E-state index contributed by atoms with van der Waals surface area (Å²) in [7, 11) is 0. The lowest BCUT2D eigenvalue weighted by Crippen LogP contribution is -2.28. The first kappa shape index (κ1) is 38.9. The van der Waals surface area contributed by atoms with Crippen molar-refractivity contribution in [3.8, 4) is 45.3 Å². The molecule has 4 aromatic heterocycles. The van der Waals surface area contributed by atoms with Gasteiger partial charge in [0.15, 0.2) is 5.82 Å². The van der Waals surface area contributed by atoms with E-state index in [2.05, 4.69) is 30.3 Å². The Labute approximate surface area is 365 Å². The zero-order valence-electron chi connectivity index (χ0n) is 35.2. The molecule has 12 heteroatoms. The topological polar surface area (TPSA) is 98.2 Å². The Bertz CT molecular complexity index is 3630. The minimum absolute atomic E-state index is 0.0355. The van der Waals surface area contributed by atoms with Crippen LogP contribution in [0.3, 0.4) is 0 Å². The molecule has 9 nitrogen and oxygen atoms in total. The molecule has 0 saturated heterocycles. The molecule has 1 aliphatic carbocycles. The van der Waals surface area contributed by atoms with Gasteiger partial charge in [0.25, 0.3) is 0 Å². The number of alkyl halides is 3. The van der Waals surface area contributed by atoms with Gasteiger partial charge in [0, 0.05) is 38.1 Å². The van der Waals surface area contributed by atoms with Crippen LogP contribution in [0.25, 0.3) is 89.9 Å². The molecule has 0 fully saturated rings. The Morgan fingerprint density at radius 3 is 2.03 bits per heavy atom. The number of halogens is 3. The van der Waals surface area contributed by atoms with Crippen LogP contribution in [0.2, 0.25) is 0 Å². The molecule has 312 valence electrons. The highest BCUT2D eigenvalue weighted by atomic mass is 19.4. The number of nitrogens with zero attached hydrogens (tertiary/aromatic N) is 8. The largest absolute Gasteiger partial charge is 0.420 e. The Kier molecular flexibility index (Phi) is 9.02. The number of aliphatic imine (C=N–C) groups is 2. The molecule has 0 amide bonds. The van der Waals surface area contributed by atoms with Crippen LogP contribution in [0, 0.1) is 13.8 Å². The summed E-state index contributed by atoms with van der Waals surface area (Å²) < 4.78 is 53.6. The van der Waals surface area contributed by atoms with E-state index >= 15 is 13.2 Å². The summed E-state index contributed by atoms with van der Waals surface area (Å²) >= 11 is 0. The van der Waals surface area contributed by atoms with Crippen molar-refractivity contribution < 1.29 is 13.2 Å². The fraction of sp³-hybridized carbons (Fsp3) is 0.115. The van der Waals surface area contributed by atoms with E-state index < -0.39 is 11.7 Å². The minimum atomic E-state index is -4.85. The van der Waals surface area contributed by atoms with E-state index in [0.29, 0.717) is 91.0 Å². The van der Waals surface area contributed by atoms with Gasteiger partial charge >= 0.3 is 6.18 Å². The lowest BCUT2D eigenvalue weighted by molar-refractivity contribution is -0.137. The molecule has 5 aromatic carbocycles. The van der Waals surface area contributed by atoms with Crippen LogP contribution >= 0.6 is 0 Å². The van der Waals surface area contributed by atoms with Crippen LogP contribution in [-0.4, -0.2) is 40.7 Å². The third-order valence-corrected chi connectivity index (χ3v) is 11.8. The molecule has 0 unspecified atom stereocenters. The number of nitrogens with one attached hydrogen (secondary N) is 1. The molecule has 0 spiro atoms. The summed E-state index contributed by atoms with van der Waals surface area (Å²) in [5.74, 6) is 3.35. The van der Waals surface area contributed by atoms with E-state index in [0.717, 1.165) is 27.3 Å². The third-order valence-electron chi connectivity index (χ3n) is 11.8. The predicted octanol–water partition coefficient (Wildman–Crippen LogP) is 10.3. The molecule has 64 heavy (non-hydrogen) atoms. The third kappa shape index (κ3) is 6.57. The Balaban J connectivity index is 1.29. The molecule has 1 N–H and O–H groups in total. The number of rotatable bonds is 5. The van der Waals surface area contributed by atoms with Gasteiger partial charge in [-0.1, -0.05) is 91.0 Å². The number of pyridine rings is 1. The summed E-state index contributed by atoms with van der Waals surface area (Å²) in [6.45, 7) is 7.26. The predicted molar refractivity (Wildman–Crippen MR) is 249 cm³/mol. The Hall–Kier alpha value is -7.99. The summed E-state index contributed by atoms with van der Waals surface area (Å²) in [5.41, 5.74) is 5.09. The Morgan fingerprint density at radius 1 is 0.578 bits per heavy atom. The van der Waals surface area contributed by atoms with Gasteiger partial charge in [-0.05, 0) is 88.2 Å². The zero-order valence-corrected chi connectivity index (χ0v) is 35.2. The summed E-state index contributed by atoms with van der Waals surface area (Å²) in [4.78, 5) is 27.8. The number of hydrogen-bond donors (Lipinski definition) is 1. The maximum absolute atomic E-state index is 16.7. The van der Waals surface area contributed by atoms with Gasteiger partial charge < -0.3 is 14.5 Å². The summed E-state index contributed by atoms with van der Waals surface area (Å²) in [5, 5.41) is 7.07. The van der Waals surface area contributed by atoms with Crippen molar-refractivity contribution in [1.82, 2.24) is 34.4 Å². The molecule has 0 bridgehead atoms. The number of aromatic nitrogens is 6. The number of allylic oxidation sites excluding steroid dienone is 2. The highest BCUT2D eigenvalue weighted by molar-refractivity contribution is 6.10. The Morgan fingerprint density at radius 2 is 1.27 bits per heavy atom. The van der Waals surface area contributed by atoms with Crippen molar-refractivity contribution in [2.24, 2.45) is 9.98 Å². The average molecular weight is 846 g/mol. The van der Waals surface area contributed by atoms with Crippen LogP contribution < -0.4 is 15.9 Å². The van der Waals surface area contributed by atoms with E-state index in [9.17, 15) is 0 Å². The number of hydrogen-bond acceptors (Lipinski definition) is 7. The van der Waals surface area contributed by atoms with Gasteiger partial charge in [0.2, 0.25) is 0 Å². The van der Waals surface area contributed by atoms with Crippen LogP contribution in [0.1, 0.15) is 36.6 Å². The number of fused-ring (bicyclic) bond motifs is 6. The molecule has 2 aliphatic rings. The standard InChI is InChI=1S/C52H38F3N9/c1-29-56-30(2)59-50(58-29)34-21-23-39-37-15-8-10-19-43(37)63(45(39)25-34)47-27-36(42-18-12-17-41(62-42)33-13-6-5-7-14-33)28-48(49(47)52(53,54)55)64-44-20-11-9-16-38(44)40-24-22-35(26-46(40)64)51-60-31(3)57-32(4)61-51/h5-15,17-28H,16H2,1-4H3,(H,57,60,61). The van der Waals surface area contributed by atoms with Gasteiger partial charge in [-0.15, -0.1) is 0 Å². The maximum Gasteiger partial charge on any atom is 0.420 e. The lowest BCUT2D eigenvalue weighted by atomic mass is 10.0. The number of aryl methyl sites for hydroxylation is 2. The molecule has 0 radical (unpaired) electrons. The van der Waals surface area contributed by atoms with E-state index in [1.165, 1.54) is 0 Å². The highest BCUT2D eigenvalue weighted by Crippen LogP contribution is 2.45. The molecule has 5 heterocycles. The molecule has 9 aromatic rings. The quantitative estimate of drug-likeness (QED) is 0.186. The smallest absolute Gasteiger partial charge is 0.328 e. The van der Waals surface area contributed by atoms with Crippen LogP contribution in [-0.2, 0) is 12.6 Å². The fourth-order valence-electron chi connectivity index (χ4n) is 9.19. The second kappa shape index (κ2) is 14.8. The van der Waals surface area contributed by atoms with E-state index in [1.54, 1.807) is 35.1 Å². The first-order valence-corrected chi connectivity index (χ1v) is 20.9. The van der Waals surface area contributed by atoms with Crippen molar-refractivity contribution in [3.05, 3.63) is 167 Å². The van der Waals surface area contributed by atoms with E-state index in [-0.39, 0.29) is 11.4 Å². The molecule has 11 rings (SSSR count). The first-order chi connectivity index (χ1) is 31.0.